The third-order valence-electron chi connectivity index (χ3n) is 3.08. The highest BCUT2D eigenvalue weighted by Gasteiger charge is 2.49. The highest BCUT2D eigenvalue weighted by Crippen LogP contribution is 2.32. The van der Waals surface area contributed by atoms with Crippen LogP contribution in [0, 0.1) is 5.92 Å². The minimum absolute atomic E-state index is 0.109. The highest BCUT2D eigenvalue weighted by atomic mass is 19.2. The molecule has 1 heterocycles. The van der Waals surface area contributed by atoms with Crippen LogP contribution < -0.4 is 0 Å². The molecule has 17 heavy (non-hydrogen) atoms. The number of halogens is 1. The minimum Gasteiger partial charge on any atom is -0.464 e. The number of esters is 1. The normalized spacial score (nSPS) is 25.1. The quantitative estimate of drug-likeness (QED) is 0.676. The van der Waals surface area contributed by atoms with Crippen molar-refractivity contribution in [2.45, 2.75) is 51.8 Å². The molecule has 98 valence electrons. The Morgan fingerprint density at radius 2 is 2.35 bits per heavy atom. The van der Waals surface area contributed by atoms with Crippen molar-refractivity contribution in [1.29, 1.82) is 0 Å². The molecule has 2 unspecified atom stereocenters. The lowest BCUT2D eigenvalue weighted by molar-refractivity contribution is -0.191. The average molecular weight is 245 g/mol. The van der Waals surface area contributed by atoms with Crippen LogP contribution in [0.25, 0.3) is 0 Å². The van der Waals surface area contributed by atoms with Crippen molar-refractivity contribution in [2.24, 2.45) is 11.1 Å². The summed E-state index contributed by atoms with van der Waals surface area (Å²) in [6, 6.07) is 0. The van der Waals surface area contributed by atoms with E-state index in [1.807, 2.05) is 6.92 Å². The third-order valence-corrected chi connectivity index (χ3v) is 3.08. The van der Waals surface area contributed by atoms with E-state index < -0.39 is 11.8 Å². The number of hydrogen-bond donors (Lipinski definition) is 0. The number of nitrogens with zero attached hydrogens (tertiary/aromatic N) is 1. The Kier molecular flexibility index (Phi) is 4.90. The molecular weight excluding hydrogens is 225 g/mol. The van der Waals surface area contributed by atoms with Gasteiger partial charge in [0.2, 0.25) is 0 Å². The smallest absolute Gasteiger partial charge is 0.386 e. The van der Waals surface area contributed by atoms with Crippen LogP contribution in [0.4, 0.5) is 4.39 Å². The van der Waals surface area contributed by atoms with E-state index in [0.29, 0.717) is 5.71 Å². The molecule has 0 radical (unpaired) electrons. The van der Waals surface area contributed by atoms with Crippen molar-refractivity contribution >= 4 is 11.7 Å². The van der Waals surface area contributed by atoms with E-state index in [0.717, 1.165) is 32.8 Å². The zero-order valence-electron chi connectivity index (χ0n) is 10.7. The summed E-state index contributed by atoms with van der Waals surface area (Å²) in [5, 5.41) is 3.72. The Balaban J connectivity index is 2.60. The van der Waals surface area contributed by atoms with Gasteiger partial charge in [0, 0.05) is 5.92 Å². The number of oxime groups is 1. The molecule has 4 nitrogen and oxygen atoms in total. The topological polar surface area (TPSA) is 47.9 Å². The molecule has 0 aliphatic carbocycles. The molecule has 1 aliphatic heterocycles. The van der Waals surface area contributed by atoms with E-state index in [9.17, 15) is 9.18 Å². The molecule has 2 atom stereocenters. The van der Waals surface area contributed by atoms with Crippen molar-refractivity contribution in [1.82, 2.24) is 0 Å². The lowest BCUT2D eigenvalue weighted by Gasteiger charge is -2.15. The Bertz CT molecular complexity index is 306. The second-order valence-corrected chi connectivity index (χ2v) is 4.32. The van der Waals surface area contributed by atoms with Gasteiger partial charge in [0.05, 0.1) is 19.2 Å². The first-order valence-corrected chi connectivity index (χ1v) is 6.09. The van der Waals surface area contributed by atoms with E-state index in [4.69, 9.17) is 0 Å². The van der Waals surface area contributed by atoms with E-state index >= 15 is 0 Å². The predicted octanol–water partition coefficient (Wildman–Crippen LogP) is 2.82. The summed E-state index contributed by atoms with van der Waals surface area (Å²) in [5.74, 6) is -3.23. The van der Waals surface area contributed by atoms with E-state index in [1.165, 1.54) is 0 Å². The van der Waals surface area contributed by atoms with Gasteiger partial charge in [-0.2, -0.15) is 4.39 Å². The SMILES string of the molecule is CCCCC(CC)C1=NOC(F)(C(=O)OC)C1. The van der Waals surface area contributed by atoms with Crippen LogP contribution in [0.3, 0.4) is 0 Å². The Morgan fingerprint density at radius 3 is 2.88 bits per heavy atom. The lowest BCUT2D eigenvalue weighted by Crippen LogP contribution is -2.35. The fourth-order valence-electron chi connectivity index (χ4n) is 1.97. The molecule has 0 N–H and O–H groups in total. The Labute approximate surface area is 101 Å². The Hall–Kier alpha value is -1.13. The van der Waals surface area contributed by atoms with Gasteiger partial charge in [0.25, 0.3) is 0 Å². The van der Waals surface area contributed by atoms with Crippen LogP contribution in [-0.2, 0) is 14.4 Å². The molecular formula is C12H20FNO3. The summed E-state index contributed by atoms with van der Waals surface area (Å²) in [6.07, 6.45) is 3.87. The van der Waals surface area contributed by atoms with Crippen LogP contribution in [0.2, 0.25) is 0 Å². The maximum Gasteiger partial charge on any atom is 0.386 e. The molecule has 0 aromatic carbocycles. The molecule has 0 saturated heterocycles. The minimum atomic E-state index is -2.41. The summed E-state index contributed by atoms with van der Waals surface area (Å²) < 4.78 is 18.3. The van der Waals surface area contributed by atoms with Gasteiger partial charge in [-0.15, -0.1) is 0 Å². The molecule has 0 spiro atoms. The molecule has 5 heteroatoms. The third kappa shape index (κ3) is 3.17. The van der Waals surface area contributed by atoms with Crippen molar-refractivity contribution < 1.29 is 18.8 Å². The van der Waals surface area contributed by atoms with E-state index in [-0.39, 0.29) is 12.3 Å². The van der Waals surface area contributed by atoms with Crippen LogP contribution >= 0.6 is 0 Å². The van der Waals surface area contributed by atoms with Crippen LogP contribution in [0.1, 0.15) is 46.0 Å². The standard InChI is InChI=1S/C12H20FNO3/c1-4-6-7-9(5-2)10-8-12(13,17-14-10)11(15)16-3/h9H,4-8H2,1-3H3. The second-order valence-electron chi connectivity index (χ2n) is 4.32. The Morgan fingerprint density at radius 1 is 1.65 bits per heavy atom. The average Bonchev–Trinajstić information content (AvgIpc) is 2.73. The fraction of sp³-hybridized carbons (Fsp3) is 0.833. The summed E-state index contributed by atoms with van der Waals surface area (Å²) in [6.45, 7) is 4.13. The number of ether oxygens (including phenoxy) is 1. The van der Waals surface area contributed by atoms with Crippen LogP contribution in [-0.4, -0.2) is 24.6 Å². The maximum absolute atomic E-state index is 14.0. The van der Waals surface area contributed by atoms with Gasteiger partial charge >= 0.3 is 11.8 Å². The summed E-state index contributed by atoms with van der Waals surface area (Å²) in [4.78, 5) is 15.8. The zero-order chi connectivity index (χ0) is 12.9. The first kappa shape index (κ1) is 13.9. The molecule has 0 saturated carbocycles. The second kappa shape index (κ2) is 5.98. The number of unbranched alkanes of at least 4 members (excludes halogenated alkanes) is 1. The first-order chi connectivity index (χ1) is 8.07. The van der Waals surface area contributed by atoms with Crippen molar-refractivity contribution in [3.63, 3.8) is 0 Å². The molecule has 1 rings (SSSR count). The highest BCUT2D eigenvalue weighted by molar-refractivity contribution is 5.94. The van der Waals surface area contributed by atoms with Crippen LogP contribution in [0.5, 0.6) is 0 Å². The van der Waals surface area contributed by atoms with Crippen molar-refractivity contribution in [3.8, 4) is 0 Å². The number of hydrogen-bond acceptors (Lipinski definition) is 4. The van der Waals surface area contributed by atoms with Gasteiger partial charge in [-0.05, 0) is 12.8 Å². The van der Waals surface area contributed by atoms with Gasteiger partial charge in [-0.25, -0.2) is 4.79 Å². The van der Waals surface area contributed by atoms with Crippen molar-refractivity contribution in [2.75, 3.05) is 7.11 Å². The fourth-order valence-corrected chi connectivity index (χ4v) is 1.97. The lowest BCUT2D eigenvalue weighted by atomic mass is 9.91. The number of alkyl halides is 1. The van der Waals surface area contributed by atoms with Gasteiger partial charge in [0.1, 0.15) is 0 Å². The van der Waals surface area contributed by atoms with Crippen LogP contribution in [0.15, 0.2) is 5.16 Å². The monoisotopic (exact) mass is 245 g/mol. The number of rotatable bonds is 6. The van der Waals surface area contributed by atoms with Gasteiger partial charge in [0.15, 0.2) is 0 Å². The molecule has 0 amide bonds. The predicted molar refractivity (Wildman–Crippen MR) is 62.3 cm³/mol. The van der Waals surface area contributed by atoms with Gasteiger partial charge < -0.3 is 9.57 Å². The number of carbonyl (C=O) groups excluding carboxylic acids is 1. The van der Waals surface area contributed by atoms with E-state index in [2.05, 4.69) is 21.7 Å². The molecule has 0 aromatic rings. The van der Waals surface area contributed by atoms with Gasteiger partial charge in [-0.1, -0.05) is 31.8 Å². The van der Waals surface area contributed by atoms with Gasteiger partial charge in [-0.3, -0.25) is 0 Å². The maximum atomic E-state index is 14.0. The number of carbonyl (C=O) groups is 1. The first-order valence-electron chi connectivity index (χ1n) is 6.09. The largest absolute Gasteiger partial charge is 0.464 e. The molecule has 0 bridgehead atoms. The summed E-state index contributed by atoms with van der Waals surface area (Å²) in [7, 11) is 1.14. The molecule has 0 aromatic heterocycles. The molecule has 0 fully saturated rings. The summed E-state index contributed by atoms with van der Waals surface area (Å²) >= 11 is 0. The van der Waals surface area contributed by atoms with E-state index in [1.54, 1.807) is 0 Å². The molecule has 1 aliphatic rings. The zero-order valence-corrected chi connectivity index (χ0v) is 10.7. The number of methoxy groups -OCH3 is 1. The van der Waals surface area contributed by atoms with Crippen molar-refractivity contribution in [3.05, 3.63) is 0 Å². The summed E-state index contributed by atoms with van der Waals surface area (Å²) in [5.41, 5.74) is 0.633.